The maximum Gasteiger partial charge on any atom is 0.126 e. The van der Waals surface area contributed by atoms with Gasteiger partial charge in [-0.25, -0.2) is 4.39 Å². The van der Waals surface area contributed by atoms with Gasteiger partial charge in [-0.2, -0.15) is 0 Å². The van der Waals surface area contributed by atoms with Gasteiger partial charge in [0.2, 0.25) is 0 Å². The van der Waals surface area contributed by atoms with Crippen LogP contribution in [0, 0.1) is 5.82 Å². The monoisotopic (exact) mass is 287 g/mol. The van der Waals surface area contributed by atoms with Crippen molar-refractivity contribution in [2.24, 2.45) is 0 Å². The number of hydrogen-bond donors (Lipinski definition) is 1. The molecule has 0 aromatic heterocycles. The lowest BCUT2D eigenvalue weighted by molar-refractivity contribution is 0.317. The third-order valence-electron chi connectivity index (χ3n) is 3.20. The van der Waals surface area contributed by atoms with Gasteiger partial charge in [-0.1, -0.05) is 31.2 Å². The summed E-state index contributed by atoms with van der Waals surface area (Å²) in [6, 6.07) is 14.9. The van der Waals surface area contributed by atoms with Crippen molar-refractivity contribution in [2.45, 2.75) is 32.7 Å². The summed E-state index contributed by atoms with van der Waals surface area (Å²) in [7, 11) is 0. The zero-order chi connectivity index (χ0) is 15.1. The molecule has 21 heavy (non-hydrogen) atoms. The first-order chi connectivity index (χ1) is 10.2. The van der Waals surface area contributed by atoms with Crippen molar-refractivity contribution in [1.29, 1.82) is 0 Å². The standard InChI is InChI=1S/C18H22FNO/c1-3-11-21-17-9-6-8-16(13-17)20-14(2)12-15-7-4-5-10-18(15)19/h4-10,13-14,20H,3,11-12H2,1-2H3. The Hall–Kier alpha value is -2.03. The fourth-order valence-electron chi connectivity index (χ4n) is 2.22. The first-order valence-corrected chi connectivity index (χ1v) is 7.42. The van der Waals surface area contributed by atoms with E-state index in [-0.39, 0.29) is 11.9 Å². The predicted molar refractivity (Wildman–Crippen MR) is 85.4 cm³/mol. The van der Waals surface area contributed by atoms with Crippen LogP contribution in [-0.2, 0) is 6.42 Å². The summed E-state index contributed by atoms with van der Waals surface area (Å²) < 4.78 is 19.3. The molecule has 0 bridgehead atoms. The number of hydrogen-bond acceptors (Lipinski definition) is 2. The minimum Gasteiger partial charge on any atom is -0.494 e. The number of ether oxygens (including phenoxy) is 1. The van der Waals surface area contributed by atoms with Gasteiger partial charge in [-0.15, -0.1) is 0 Å². The molecule has 0 amide bonds. The molecule has 2 rings (SSSR count). The lowest BCUT2D eigenvalue weighted by Gasteiger charge is -2.16. The number of anilines is 1. The number of benzene rings is 2. The van der Waals surface area contributed by atoms with E-state index in [9.17, 15) is 4.39 Å². The number of halogens is 1. The summed E-state index contributed by atoms with van der Waals surface area (Å²) in [5, 5.41) is 3.39. The van der Waals surface area contributed by atoms with Crippen molar-refractivity contribution in [3.63, 3.8) is 0 Å². The second kappa shape index (κ2) is 7.67. The average molecular weight is 287 g/mol. The largest absolute Gasteiger partial charge is 0.494 e. The molecule has 0 saturated carbocycles. The molecule has 0 saturated heterocycles. The topological polar surface area (TPSA) is 21.3 Å². The summed E-state index contributed by atoms with van der Waals surface area (Å²) in [6.07, 6.45) is 1.63. The van der Waals surface area contributed by atoms with Gasteiger partial charge in [0, 0.05) is 17.8 Å². The SMILES string of the molecule is CCCOc1cccc(NC(C)Cc2ccccc2F)c1. The minimum absolute atomic E-state index is 0.142. The fourth-order valence-corrected chi connectivity index (χ4v) is 2.22. The highest BCUT2D eigenvalue weighted by atomic mass is 19.1. The summed E-state index contributed by atoms with van der Waals surface area (Å²) >= 11 is 0. The van der Waals surface area contributed by atoms with Crippen LogP contribution in [0.2, 0.25) is 0 Å². The molecule has 0 radical (unpaired) electrons. The highest BCUT2D eigenvalue weighted by molar-refractivity contribution is 5.49. The Morgan fingerprint density at radius 3 is 2.71 bits per heavy atom. The molecule has 1 unspecified atom stereocenters. The summed E-state index contributed by atoms with van der Waals surface area (Å²) in [4.78, 5) is 0. The van der Waals surface area contributed by atoms with Crippen LogP contribution in [0.4, 0.5) is 10.1 Å². The van der Waals surface area contributed by atoms with Gasteiger partial charge < -0.3 is 10.1 Å². The van der Waals surface area contributed by atoms with Crippen LogP contribution < -0.4 is 10.1 Å². The molecular formula is C18H22FNO. The first-order valence-electron chi connectivity index (χ1n) is 7.42. The van der Waals surface area contributed by atoms with Crippen molar-refractivity contribution in [3.05, 3.63) is 59.9 Å². The van der Waals surface area contributed by atoms with E-state index < -0.39 is 0 Å². The second-order valence-corrected chi connectivity index (χ2v) is 5.22. The van der Waals surface area contributed by atoms with Crippen molar-refractivity contribution in [1.82, 2.24) is 0 Å². The molecule has 1 N–H and O–H groups in total. The van der Waals surface area contributed by atoms with Crippen molar-refractivity contribution < 1.29 is 9.13 Å². The summed E-state index contributed by atoms with van der Waals surface area (Å²) in [5.74, 6) is 0.714. The van der Waals surface area contributed by atoms with Crippen LogP contribution >= 0.6 is 0 Å². The fraction of sp³-hybridized carbons (Fsp3) is 0.333. The molecule has 112 valence electrons. The zero-order valence-electron chi connectivity index (χ0n) is 12.6. The Labute approximate surface area is 126 Å². The molecular weight excluding hydrogens is 265 g/mol. The maximum absolute atomic E-state index is 13.6. The lowest BCUT2D eigenvalue weighted by Crippen LogP contribution is -2.18. The van der Waals surface area contributed by atoms with Crippen molar-refractivity contribution >= 4 is 5.69 Å². The van der Waals surface area contributed by atoms with Gasteiger partial charge in [0.05, 0.1) is 6.61 Å². The van der Waals surface area contributed by atoms with E-state index in [4.69, 9.17) is 4.74 Å². The number of nitrogens with one attached hydrogen (secondary N) is 1. The molecule has 2 aromatic rings. The smallest absolute Gasteiger partial charge is 0.126 e. The second-order valence-electron chi connectivity index (χ2n) is 5.22. The summed E-state index contributed by atoms with van der Waals surface area (Å²) in [5.41, 5.74) is 1.73. The molecule has 0 aliphatic rings. The molecule has 0 heterocycles. The molecule has 0 aliphatic heterocycles. The molecule has 0 spiro atoms. The Kier molecular flexibility index (Phi) is 5.61. The van der Waals surface area contributed by atoms with Crippen LogP contribution in [0.1, 0.15) is 25.8 Å². The van der Waals surface area contributed by atoms with Gasteiger partial charge >= 0.3 is 0 Å². The van der Waals surface area contributed by atoms with Gasteiger partial charge in [0.25, 0.3) is 0 Å². The molecule has 2 nitrogen and oxygen atoms in total. The van der Waals surface area contributed by atoms with Crippen molar-refractivity contribution in [3.8, 4) is 5.75 Å². The van der Waals surface area contributed by atoms with Crippen molar-refractivity contribution in [2.75, 3.05) is 11.9 Å². The lowest BCUT2D eigenvalue weighted by atomic mass is 10.1. The zero-order valence-corrected chi connectivity index (χ0v) is 12.6. The minimum atomic E-state index is -0.147. The molecule has 3 heteroatoms. The number of rotatable bonds is 7. The van der Waals surface area contributed by atoms with Crippen LogP contribution in [0.5, 0.6) is 5.75 Å². The van der Waals surface area contributed by atoms with Gasteiger partial charge in [0.15, 0.2) is 0 Å². The van der Waals surface area contributed by atoms with Crippen LogP contribution in [0.3, 0.4) is 0 Å². The van der Waals surface area contributed by atoms with E-state index in [0.717, 1.165) is 23.4 Å². The average Bonchev–Trinajstić information content (AvgIpc) is 2.48. The van der Waals surface area contributed by atoms with E-state index in [1.807, 2.05) is 43.3 Å². The van der Waals surface area contributed by atoms with E-state index >= 15 is 0 Å². The quantitative estimate of drug-likeness (QED) is 0.800. The van der Waals surface area contributed by atoms with E-state index in [2.05, 4.69) is 12.2 Å². The first kappa shape index (κ1) is 15.4. The van der Waals surface area contributed by atoms with Gasteiger partial charge in [-0.05, 0) is 43.5 Å². The highest BCUT2D eigenvalue weighted by Crippen LogP contribution is 2.19. The third-order valence-corrected chi connectivity index (χ3v) is 3.20. The molecule has 0 aliphatic carbocycles. The Morgan fingerprint density at radius 1 is 1.14 bits per heavy atom. The van der Waals surface area contributed by atoms with Gasteiger partial charge in [-0.3, -0.25) is 0 Å². The maximum atomic E-state index is 13.6. The van der Waals surface area contributed by atoms with E-state index in [1.165, 1.54) is 6.07 Å². The summed E-state index contributed by atoms with van der Waals surface area (Å²) in [6.45, 7) is 4.85. The third kappa shape index (κ3) is 4.78. The van der Waals surface area contributed by atoms with Crippen LogP contribution in [-0.4, -0.2) is 12.6 Å². The van der Waals surface area contributed by atoms with Gasteiger partial charge in [0.1, 0.15) is 11.6 Å². The Balaban J connectivity index is 1.96. The molecule has 0 fully saturated rings. The molecule has 1 atom stereocenters. The predicted octanol–water partition coefficient (Wildman–Crippen LogP) is 4.66. The Bertz CT molecular complexity index is 571. The van der Waals surface area contributed by atoms with E-state index in [1.54, 1.807) is 6.07 Å². The normalized spacial score (nSPS) is 12.0. The van der Waals surface area contributed by atoms with Crippen LogP contribution in [0.15, 0.2) is 48.5 Å². The van der Waals surface area contributed by atoms with E-state index in [0.29, 0.717) is 13.0 Å². The van der Waals surface area contributed by atoms with Crippen LogP contribution in [0.25, 0.3) is 0 Å². The molecule has 2 aromatic carbocycles. The highest BCUT2D eigenvalue weighted by Gasteiger charge is 2.07. The Morgan fingerprint density at radius 2 is 1.95 bits per heavy atom.